The second-order valence-electron chi connectivity index (χ2n) is 8.08. The van der Waals surface area contributed by atoms with E-state index >= 15 is 0 Å². The van der Waals surface area contributed by atoms with Crippen LogP contribution in [0.25, 0.3) is 0 Å². The van der Waals surface area contributed by atoms with Crippen molar-refractivity contribution in [2.24, 2.45) is 0 Å². The van der Waals surface area contributed by atoms with E-state index in [0.29, 0.717) is 6.17 Å². The summed E-state index contributed by atoms with van der Waals surface area (Å²) in [6.07, 6.45) is 23.1. The van der Waals surface area contributed by atoms with Crippen molar-refractivity contribution in [3.05, 3.63) is 0 Å². The standard InChI is InChI=1S/C24H52N2/c1-5-9-11-13-15-17-19-21-23-25-24(26(7-3)8-4)22-20-18-16-14-12-10-6-2/h24-25H,5-23H2,1-4H3. The van der Waals surface area contributed by atoms with Crippen LogP contribution in [0.2, 0.25) is 0 Å². The number of rotatable bonds is 21. The van der Waals surface area contributed by atoms with Gasteiger partial charge in [0, 0.05) is 0 Å². The zero-order chi connectivity index (χ0) is 19.3. The summed E-state index contributed by atoms with van der Waals surface area (Å²) in [5, 5.41) is 3.87. The Morgan fingerprint density at radius 1 is 0.538 bits per heavy atom. The van der Waals surface area contributed by atoms with Gasteiger partial charge in [-0.15, -0.1) is 0 Å². The molecular formula is C24H52N2. The Balaban J connectivity index is 3.77. The van der Waals surface area contributed by atoms with Crippen LogP contribution in [-0.4, -0.2) is 30.7 Å². The largest absolute Gasteiger partial charge is 0.302 e. The minimum Gasteiger partial charge on any atom is -0.302 e. The number of nitrogens with one attached hydrogen (secondary N) is 1. The minimum atomic E-state index is 0.602. The third-order valence-corrected chi connectivity index (χ3v) is 5.74. The maximum atomic E-state index is 3.87. The second-order valence-corrected chi connectivity index (χ2v) is 8.08. The van der Waals surface area contributed by atoms with Crippen molar-refractivity contribution in [1.29, 1.82) is 0 Å². The van der Waals surface area contributed by atoms with Crippen LogP contribution in [0.1, 0.15) is 130 Å². The van der Waals surface area contributed by atoms with Gasteiger partial charge in [0.25, 0.3) is 0 Å². The van der Waals surface area contributed by atoms with Crippen LogP contribution >= 0.6 is 0 Å². The van der Waals surface area contributed by atoms with Gasteiger partial charge < -0.3 is 5.32 Å². The SMILES string of the molecule is CCCCCCCCCCNC(CCCCCCCCC)N(CC)CC. The molecule has 0 heterocycles. The van der Waals surface area contributed by atoms with Crippen molar-refractivity contribution in [3.63, 3.8) is 0 Å². The van der Waals surface area contributed by atoms with Gasteiger partial charge in [-0.25, -0.2) is 0 Å². The predicted octanol–water partition coefficient (Wildman–Crippen LogP) is 7.53. The fourth-order valence-corrected chi connectivity index (χ4v) is 3.90. The lowest BCUT2D eigenvalue weighted by Crippen LogP contribution is -2.45. The number of nitrogens with zero attached hydrogens (tertiary/aromatic N) is 1. The zero-order valence-corrected chi connectivity index (χ0v) is 19.0. The van der Waals surface area contributed by atoms with Gasteiger partial charge in [0.1, 0.15) is 0 Å². The Labute approximate surface area is 166 Å². The average molecular weight is 369 g/mol. The van der Waals surface area contributed by atoms with Crippen LogP contribution in [-0.2, 0) is 0 Å². The first kappa shape index (κ1) is 25.9. The second kappa shape index (κ2) is 21.2. The van der Waals surface area contributed by atoms with E-state index in [4.69, 9.17) is 0 Å². The first-order valence-corrected chi connectivity index (χ1v) is 12.3. The normalized spacial score (nSPS) is 12.8. The van der Waals surface area contributed by atoms with Crippen LogP contribution in [0.5, 0.6) is 0 Å². The topological polar surface area (TPSA) is 15.3 Å². The van der Waals surface area contributed by atoms with Crippen molar-refractivity contribution in [2.75, 3.05) is 19.6 Å². The lowest BCUT2D eigenvalue weighted by molar-refractivity contribution is 0.167. The molecule has 0 aliphatic rings. The van der Waals surface area contributed by atoms with Gasteiger partial charge in [-0.3, -0.25) is 4.90 Å². The molecule has 1 unspecified atom stereocenters. The van der Waals surface area contributed by atoms with E-state index in [9.17, 15) is 0 Å². The maximum Gasteiger partial charge on any atom is 0.0596 e. The highest BCUT2D eigenvalue weighted by Crippen LogP contribution is 2.12. The van der Waals surface area contributed by atoms with Crippen LogP contribution in [0.15, 0.2) is 0 Å². The molecular weight excluding hydrogens is 316 g/mol. The quantitative estimate of drug-likeness (QED) is 0.166. The molecule has 1 atom stereocenters. The molecule has 0 aromatic heterocycles. The fourth-order valence-electron chi connectivity index (χ4n) is 3.90. The first-order valence-electron chi connectivity index (χ1n) is 12.3. The van der Waals surface area contributed by atoms with Crippen LogP contribution in [0.3, 0.4) is 0 Å². The molecule has 0 fully saturated rings. The van der Waals surface area contributed by atoms with Crippen LogP contribution < -0.4 is 5.32 Å². The summed E-state index contributed by atoms with van der Waals surface area (Å²) in [5.41, 5.74) is 0. The molecule has 0 amide bonds. The molecule has 158 valence electrons. The monoisotopic (exact) mass is 368 g/mol. The summed E-state index contributed by atoms with van der Waals surface area (Å²) in [6, 6.07) is 0. The van der Waals surface area contributed by atoms with E-state index in [0.717, 1.165) is 0 Å². The fraction of sp³-hybridized carbons (Fsp3) is 1.00. The molecule has 26 heavy (non-hydrogen) atoms. The number of hydrogen-bond donors (Lipinski definition) is 1. The Hall–Kier alpha value is -0.0800. The lowest BCUT2D eigenvalue weighted by atomic mass is 10.1. The molecule has 0 radical (unpaired) electrons. The van der Waals surface area contributed by atoms with E-state index < -0.39 is 0 Å². The van der Waals surface area contributed by atoms with Gasteiger partial charge in [0.2, 0.25) is 0 Å². The minimum absolute atomic E-state index is 0.602. The van der Waals surface area contributed by atoms with Gasteiger partial charge in [0.15, 0.2) is 0 Å². The highest BCUT2D eigenvalue weighted by atomic mass is 15.3. The number of unbranched alkanes of at least 4 members (excludes halogenated alkanes) is 13. The van der Waals surface area contributed by atoms with E-state index in [-0.39, 0.29) is 0 Å². The third-order valence-electron chi connectivity index (χ3n) is 5.74. The molecule has 1 N–H and O–H groups in total. The molecule has 0 saturated carbocycles. The first-order chi connectivity index (χ1) is 12.8. The van der Waals surface area contributed by atoms with Crippen LogP contribution in [0.4, 0.5) is 0 Å². The van der Waals surface area contributed by atoms with Crippen molar-refractivity contribution >= 4 is 0 Å². The summed E-state index contributed by atoms with van der Waals surface area (Å²) in [5.74, 6) is 0. The molecule has 0 aromatic rings. The van der Waals surface area contributed by atoms with Crippen molar-refractivity contribution in [1.82, 2.24) is 10.2 Å². The highest BCUT2D eigenvalue weighted by molar-refractivity contribution is 4.68. The average Bonchev–Trinajstić information content (AvgIpc) is 2.66. The Morgan fingerprint density at radius 3 is 1.42 bits per heavy atom. The summed E-state index contributed by atoms with van der Waals surface area (Å²) < 4.78 is 0. The summed E-state index contributed by atoms with van der Waals surface area (Å²) >= 11 is 0. The van der Waals surface area contributed by atoms with Gasteiger partial charge in [-0.2, -0.15) is 0 Å². The van der Waals surface area contributed by atoms with Gasteiger partial charge >= 0.3 is 0 Å². The van der Waals surface area contributed by atoms with Gasteiger partial charge in [-0.05, 0) is 32.5 Å². The summed E-state index contributed by atoms with van der Waals surface area (Å²) in [4.78, 5) is 2.61. The molecule has 0 aromatic carbocycles. The van der Waals surface area contributed by atoms with E-state index in [2.05, 4.69) is 37.9 Å². The maximum absolute atomic E-state index is 3.87. The van der Waals surface area contributed by atoms with Crippen molar-refractivity contribution in [2.45, 2.75) is 137 Å². The summed E-state index contributed by atoms with van der Waals surface area (Å²) in [6.45, 7) is 12.7. The van der Waals surface area contributed by atoms with E-state index in [1.54, 1.807) is 0 Å². The predicted molar refractivity (Wildman–Crippen MR) is 120 cm³/mol. The van der Waals surface area contributed by atoms with Gasteiger partial charge in [-0.1, -0.05) is 118 Å². The lowest BCUT2D eigenvalue weighted by Gasteiger charge is -2.30. The molecule has 0 aliphatic carbocycles. The molecule has 0 saturated heterocycles. The molecule has 0 bridgehead atoms. The van der Waals surface area contributed by atoms with E-state index in [1.165, 1.54) is 122 Å². The smallest absolute Gasteiger partial charge is 0.0596 e. The molecule has 0 rings (SSSR count). The molecule has 0 aliphatic heterocycles. The van der Waals surface area contributed by atoms with Crippen molar-refractivity contribution < 1.29 is 0 Å². The van der Waals surface area contributed by atoms with Gasteiger partial charge in [0.05, 0.1) is 6.17 Å². The summed E-state index contributed by atoms with van der Waals surface area (Å²) in [7, 11) is 0. The number of hydrogen-bond acceptors (Lipinski definition) is 2. The Morgan fingerprint density at radius 2 is 0.962 bits per heavy atom. The van der Waals surface area contributed by atoms with E-state index in [1.807, 2.05) is 0 Å². The zero-order valence-electron chi connectivity index (χ0n) is 19.0. The highest BCUT2D eigenvalue weighted by Gasteiger charge is 2.14. The molecule has 0 spiro atoms. The Bertz CT molecular complexity index is 251. The third kappa shape index (κ3) is 16.1. The van der Waals surface area contributed by atoms with Crippen LogP contribution in [0, 0.1) is 0 Å². The molecule has 2 nitrogen and oxygen atoms in total. The molecule has 2 heteroatoms. The Kier molecular flexibility index (Phi) is 21.2. The van der Waals surface area contributed by atoms with Crippen molar-refractivity contribution in [3.8, 4) is 0 Å².